The van der Waals surface area contributed by atoms with E-state index in [-0.39, 0.29) is 12.0 Å². The van der Waals surface area contributed by atoms with Gasteiger partial charge in [-0.1, -0.05) is 30.3 Å². The van der Waals surface area contributed by atoms with Gasteiger partial charge in [0.15, 0.2) is 5.65 Å². The predicted octanol–water partition coefficient (Wildman–Crippen LogP) is 3.53. The van der Waals surface area contributed by atoms with Crippen LogP contribution in [0.3, 0.4) is 0 Å². The van der Waals surface area contributed by atoms with Crippen molar-refractivity contribution in [1.29, 1.82) is 0 Å². The van der Waals surface area contributed by atoms with E-state index in [1.54, 1.807) is 17.9 Å². The van der Waals surface area contributed by atoms with E-state index in [9.17, 15) is 9.59 Å². The molecular formula is C23H25N5O3. The SMILES string of the molecule is CCOC(=O)N1CCN(c2cc(-c3ccccc3)c3ccc(NC(C)=O)nc3n2)CC1. The minimum atomic E-state index is -0.278. The molecule has 3 aromatic rings. The van der Waals surface area contributed by atoms with Gasteiger partial charge in [-0.2, -0.15) is 0 Å². The number of fused-ring (bicyclic) bond motifs is 1. The van der Waals surface area contributed by atoms with Crippen LogP contribution in [0.4, 0.5) is 16.4 Å². The summed E-state index contributed by atoms with van der Waals surface area (Å²) in [6.45, 7) is 6.06. The maximum Gasteiger partial charge on any atom is 0.409 e. The molecule has 8 heteroatoms. The molecule has 2 amide bonds. The van der Waals surface area contributed by atoms with Crippen molar-refractivity contribution in [3.8, 4) is 11.1 Å². The summed E-state index contributed by atoms with van der Waals surface area (Å²) < 4.78 is 5.11. The third-order valence-electron chi connectivity index (χ3n) is 5.18. The van der Waals surface area contributed by atoms with Crippen LogP contribution in [0.5, 0.6) is 0 Å². The molecule has 4 rings (SSSR count). The van der Waals surface area contributed by atoms with E-state index in [4.69, 9.17) is 9.72 Å². The van der Waals surface area contributed by atoms with Gasteiger partial charge in [-0.05, 0) is 36.2 Å². The van der Waals surface area contributed by atoms with E-state index in [1.807, 2.05) is 24.3 Å². The number of piperazine rings is 1. The number of nitrogens with one attached hydrogen (secondary N) is 1. The molecule has 8 nitrogen and oxygen atoms in total. The van der Waals surface area contributed by atoms with E-state index in [1.165, 1.54) is 6.92 Å². The number of nitrogens with zero attached hydrogens (tertiary/aromatic N) is 4. The van der Waals surface area contributed by atoms with Crippen LogP contribution >= 0.6 is 0 Å². The van der Waals surface area contributed by atoms with Crippen LogP contribution in [0.2, 0.25) is 0 Å². The fraction of sp³-hybridized carbons (Fsp3) is 0.304. The fourth-order valence-corrected chi connectivity index (χ4v) is 3.69. The van der Waals surface area contributed by atoms with Gasteiger partial charge in [0.25, 0.3) is 0 Å². The highest BCUT2D eigenvalue weighted by atomic mass is 16.6. The van der Waals surface area contributed by atoms with Crippen LogP contribution in [0.25, 0.3) is 22.2 Å². The third kappa shape index (κ3) is 4.58. The lowest BCUT2D eigenvalue weighted by atomic mass is 10.0. The average molecular weight is 419 g/mol. The highest BCUT2D eigenvalue weighted by Crippen LogP contribution is 2.31. The van der Waals surface area contributed by atoms with Gasteiger partial charge in [0.2, 0.25) is 5.91 Å². The molecule has 1 saturated heterocycles. The Morgan fingerprint density at radius 1 is 1.03 bits per heavy atom. The predicted molar refractivity (Wildman–Crippen MR) is 120 cm³/mol. The summed E-state index contributed by atoms with van der Waals surface area (Å²) in [4.78, 5) is 36.7. The first-order chi connectivity index (χ1) is 15.0. The standard InChI is InChI=1S/C23H25N5O3/c1-3-31-23(30)28-13-11-27(12-14-28)21-15-19(17-7-5-4-6-8-17)18-9-10-20(24-16(2)29)25-22(18)26-21/h4-10,15H,3,11-14H2,1-2H3,(H,24,25,26,29). The van der Waals surface area contributed by atoms with Crippen LogP contribution in [-0.4, -0.2) is 59.7 Å². The smallest absolute Gasteiger partial charge is 0.409 e. The number of rotatable bonds is 4. The number of hydrogen-bond donors (Lipinski definition) is 1. The number of amides is 2. The first-order valence-corrected chi connectivity index (χ1v) is 10.4. The second kappa shape index (κ2) is 8.99. The minimum absolute atomic E-state index is 0.179. The monoisotopic (exact) mass is 419 g/mol. The molecule has 0 bridgehead atoms. The van der Waals surface area contributed by atoms with Gasteiger partial charge in [0.1, 0.15) is 11.6 Å². The number of carbonyl (C=O) groups is 2. The normalized spacial score (nSPS) is 13.9. The van der Waals surface area contributed by atoms with Crippen molar-refractivity contribution in [2.75, 3.05) is 43.0 Å². The zero-order valence-electron chi connectivity index (χ0n) is 17.7. The molecule has 0 aliphatic carbocycles. The molecule has 1 aliphatic rings. The average Bonchev–Trinajstić information content (AvgIpc) is 2.78. The van der Waals surface area contributed by atoms with Crippen LogP contribution in [-0.2, 0) is 9.53 Å². The van der Waals surface area contributed by atoms with Crippen LogP contribution < -0.4 is 10.2 Å². The van der Waals surface area contributed by atoms with Gasteiger partial charge in [-0.25, -0.2) is 14.8 Å². The van der Waals surface area contributed by atoms with Crippen LogP contribution in [0.15, 0.2) is 48.5 Å². The van der Waals surface area contributed by atoms with Gasteiger partial charge < -0.3 is 19.9 Å². The number of hydrogen-bond acceptors (Lipinski definition) is 6. The van der Waals surface area contributed by atoms with Gasteiger partial charge in [0.05, 0.1) is 6.61 Å². The van der Waals surface area contributed by atoms with Crippen molar-refractivity contribution in [1.82, 2.24) is 14.9 Å². The summed E-state index contributed by atoms with van der Waals surface area (Å²) in [7, 11) is 0. The van der Waals surface area contributed by atoms with Gasteiger partial charge in [-0.3, -0.25) is 4.79 Å². The maximum absolute atomic E-state index is 12.0. The van der Waals surface area contributed by atoms with Gasteiger partial charge in [-0.15, -0.1) is 0 Å². The molecule has 0 spiro atoms. The summed E-state index contributed by atoms with van der Waals surface area (Å²) in [5.74, 6) is 1.08. The van der Waals surface area contributed by atoms with Crippen molar-refractivity contribution in [3.05, 3.63) is 48.5 Å². The van der Waals surface area contributed by atoms with Gasteiger partial charge in [0, 0.05) is 38.5 Å². The Hall–Kier alpha value is -3.68. The van der Waals surface area contributed by atoms with E-state index >= 15 is 0 Å². The molecule has 160 valence electrons. The zero-order chi connectivity index (χ0) is 21.8. The molecule has 1 aliphatic heterocycles. The summed E-state index contributed by atoms with van der Waals surface area (Å²) in [5.41, 5.74) is 2.65. The third-order valence-corrected chi connectivity index (χ3v) is 5.18. The Morgan fingerprint density at radius 2 is 1.77 bits per heavy atom. The largest absolute Gasteiger partial charge is 0.450 e. The van der Waals surface area contributed by atoms with Gasteiger partial charge >= 0.3 is 6.09 Å². The Bertz CT molecular complexity index is 1100. The molecule has 1 aromatic carbocycles. The Morgan fingerprint density at radius 3 is 2.45 bits per heavy atom. The maximum atomic E-state index is 12.0. The molecule has 0 unspecified atom stereocenters. The number of carbonyl (C=O) groups excluding carboxylic acids is 2. The van der Waals surface area contributed by atoms with E-state index < -0.39 is 0 Å². The molecule has 0 atom stereocenters. The van der Waals surface area contributed by atoms with Crippen molar-refractivity contribution in [2.24, 2.45) is 0 Å². The van der Waals surface area contributed by atoms with Crippen molar-refractivity contribution in [2.45, 2.75) is 13.8 Å². The molecule has 1 fully saturated rings. The fourth-order valence-electron chi connectivity index (χ4n) is 3.69. The number of ether oxygens (including phenoxy) is 1. The summed E-state index contributed by atoms with van der Waals surface area (Å²) in [6.07, 6.45) is -0.278. The van der Waals surface area contributed by atoms with Crippen molar-refractivity contribution >= 4 is 34.7 Å². The number of benzene rings is 1. The molecule has 3 heterocycles. The van der Waals surface area contributed by atoms with Crippen molar-refractivity contribution in [3.63, 3.8) is 0 Å². The second-order valence-electron chi connectivity index (χ2n) is 7.32. The number of aromatic nitrogens is 2. The first kappa shape index (κ1) is 20.6. The highest BCUT2D eigenvalue weighted by molar-refractivity contribution is 5.96. The Balaban J connectivity index is 1.70. The van der Waals surface area contributed by atoms with E-state index in [2.05, 4.69) is 33.4 Å². The second-order valence-corrected chi connectivity index (χ2v) is 7.32. The minimum Gasteiger partial charge on any atom is -0.450 e. The van der Waals surface area contributed by atoms with Crippen LogP contribution in [0, 0.1) is 0 Å². The molecule has 0 saturated carbocycles. The molecule has 0 radical (unpaired) electrons. The first-order valence-electron chi connectivity index (χ1n) is 10.4. The quantitative estimate of drug-likeness (QED) is 0.696. The number of pyridine rings is 2. The van der Waals surface area contributed by atoms with E-state index in [0.29, 0.717) is 44.3 Å². The zero-order valence-corrected chi connectivity index (χ0v) is 17.7. The molecular weight excluding hydrogens is 394 g/mol. The summed E-state index contributed by atoms with van der Waals surface area (Å²) >= 11 is 0. The lowest BCUT2D eigenvalue weighted by Crippen LogP contribution is -2.49. The molecule has 2 aromatic heterocycles. The summed E-state index contributed by atoms with van der Waals surface area (Å²) in [6, 6.07) is 15.9. The highest BCUT2D eigenvalue weighted by Gasteiger charge is 2.23. The lowest BCUT2D eigenvalue weighted by molar-refractivity contribution is -0.114. The molecule has 1 N–H and O–H groups in total. The van der Waals surface area contributed by atoms with E-state index in [0.717, 1.165) is 22.3 Å². The summed E-state index contributed by atoms with van der Waals surface area (Å²) in [5, 5.41) is 3.63. The Labute approximate surface area is 180 Å². The molecule has 31 heavy (non-hydrogen) atoms. The van der Waals surface area contributed by atoms with Crippen molar-refractivity contribution < 1.29 is 14.3 Å². The lowest BCUT2D eigenvalue weighted by Gasteiger charge is -2.35. The van der Waals surface area contributed by atoms with Crippen LogP contribution in [0.1, 0.15) is 13.8 Å². The topological polar surface area (TPSA) is 87.7 Å². The Kier molecular flexibility index (Phi) is 5.97. The number of anilines is 2.